The third-order valence-corrected chi connectivity index (χ3v) is 3.95. The number of aromatic nitrogens is 1. The minimum absolute atomic E-state index is 0.580. The smallest absolute Gasteiger partial charge is 0.0795 e. The van der Waals surface area contributed by atoms with Crippen LogP contribution in [-0.2, 0) is 0 Å². The molecular weight excluding hydrogens is 325 g/mol. The van der Waals surface area contributed by atoms with Gasteiger partial charge in [-0.05, 0) is 42.0 Å². The molecule has 104 valence electrons. The Bertz CT molecular complexity index is 782. The van der Waals surface area contributed by atoms with E-state index < -0.39 is 0 Å². The summed E-state index contributed by atoms with van der Waals surface area (Å²) < 4.78 is 0. The zero-order chi connectivity index (χ0) is 14.8. The summed E-state index contributed by atoms with van der Waals surface area (Å²) in [5.41, 5.74) is 3.71. The largest absolute Gasteiger partial charge is 0.256 e. The summed E-state index contributed by atoms with van der Waals surface area (Å²) in [6.07, 6.45) is 1.75. The second kappa shape index (κ2) is 6.07. The van der Waals surface area contributed by atoms with Gasteiger partial charge in [-0.2, -0.15) is 0 Å². The topological polar surface area (TPSA) is 12.9 Å². The number of rotatable bonds is 2. The predicted molar refractivity (Wildman–Crippen MR) is 90.1 cm³/mol. The Morgan fingerprint density at radius 1 is 0.714 bits per heavy atom. The van der Waals surface area contributed by atoms with Crippen LogP contribution >= 0.6 is 34.8 Å². The van der Waals surface area contributed by atoms with Crippen molar-refractivity contribution in [1.82, 2.24) is 4.98 Å². The van der Waals surface area contributed by atoms with E-state index in [4.69, 9.17) is 34.8 Å². The summed E-state index contributed by atoms with van der Waals surface area (Å²) in [7, 11) is 0. The zero-order valence-corrected chi connectivity index (χ0v) is 13.1. The molecule has 0 spiro atoms. The Hall–Kier alpha value is -1.54. The molecule has 0 amide bonds. The molecule has 1 heterocycles. The van der Waals surface area contributed by atoms with Crippen molar-refractivity contribution in [2.75, 3.05) is 0 Å². The third-order valence-electron chi connectivity index (χ3n) is 3.15. The molecule has 0 radical (unpaired) electrons. The Balaban J connectivity index is 2.18. The average molecular weight is 335 g/mol. The molecule has 0 bridgehead atoms. The second-order valence-corrected chi connectivity index (χ2v) is 5.81. The lowest BCUT2D eigenvalue weighted by Gasteiger charge is -2.10. The van der Waals surface area contributed by atoms with E-state index >= 15 is 0 Å². The normalized spacial score (nSPS) is 10.6. The predicted octanol–water partition coefficient (Wildman–Crippen LogP) is 6.38. The van der Waals surface area contributed by atoms with Crippen molar-refractivity contribution in [3.05, 3.63) is 75.9 Å². The Kier molecular flexibility index (Phi) is 4.16. The highest BCUT2D eigenvalue weighted by molar-refractivity contribution is 6.36. The van der Waals surface area contributed by atoms with Gasteiger partial charge < -0.3 is 0 Å². The maximum absolute atomic E-state index is 6.30. The lowest BCUT2D eigenvalue weighted by atomic mass is 9.99. The lowest BCUT2D eigenvalue weighted by molar-refractivity contribution is 1.32. The molecule has 0 aliphatic heterocycles. The van der Waals surface area contributed by atoms with Crippen molar-refractivity contribution >= 4 is 34.8 Å². The van der Waals surface area contributed by atoms with Crippen LogP contribution in [-0.4, -0.2) is 4.98 Å². The standard InChI is InChI=1S/C17H10Cl3N/c18-12-5-3-11(4-6-12)14-2-1-9-21-17(14)15-8-7-13(19)10-16(15)20/h1-10H. The van der Waals surface area contributed by atoms with Crippen LogP contribution in [0.3, 0.4) is 0 Å². The molecule has 0 fully saturated rings. The maximum atomic E-state index is 6.30. The Morgan fingerprint density at radius 3 is 2.14 bits per heavy atom. The van der Waals surface area contributed by atoms with E-state index in [9.17, 15) is 0 Å². The molecule has 0 saturated heterocycles. The molecule has 3 aromatic rings. The minimum atomic E-state index is 0.580. The van der Waals surface area contributed by atoms with Crippen molar-refractivity contribution in [3.63, 3.8) is 0 Å². The van der Waals surface area contributed by atoms with E-state index in [1.165, 1.54) is 0 Å². The molecule has 3 rings (SSSR count). The van der Waals surface area contributed by atoms with Crippen LogP contribution < -0.4 is 0 Å². The van der Waals surface area contributed by atoms with Gasteiger partial charge in [0, 0.05) is 27.4 Å². The van der Waals surface area contributed by atoms with Gasteiger partial charge in [-0.15, -0.1) is 0 Å². The summed E-state index contributed by atoms with van der Waals surface area (Å²) >= 11 is 18.2. The molecule has 1 aromatic heterocycles. The van der Waals surface area contributed by atoms with E-state index in [-0.39, 0.29) is 0 Å². The summed E-state index contributed by atoms with van der Waals surface area (Å²) in [4.78, 5) is 4.48. The number of hydrogen-bond donors (Lipinski definition) is 0. The van der Waals surface area contributed by atoms with E-state index in [2.05, 4.69) is 4.98 Å². The fourth-order valence-electron chi connectivity index (χ4n) is 2.16. The molecule has 0 N–H and O–H groups in total. The van der Waals surface area contributed by atoms with Crippen LogP contribution in [0.4, 0.5) is 0 Å². The quantitative estimate of drug-likeness (QED) is 0.530. The first-order valence-corrected chi connectivity index (χ1v) is 7.45. The Labute approximate surface area is 138 Å². The van der Waals surface area contributed by atoms with Gasteiger partial charge in [-0.1, -0.05) is 53.0 Å². The van der Waals surface area contributed by atoms with Crippen molar-refractivity contribution in [2.24, 2.45) is 0 Å². The van der Waals surface area contributed by atoms with Gasteiger partial charge in [-0.3, -0.25) is 4.98 Å². The van der Waals surface area contributed by atoms with Crippen molar-refractivity contribution in [3.8, 4) is 22.4 Å². The van der Waals surface area contributed by atoms with E-state index in [1.807, 2.05) is 48.5 Å². The molecule has 0 unspecified atom stereocenters. The average Bonchev–Trinajstić information content (AvgIpc) is 2.48. The number of nitrogens with zero attached hydrogens (tertiary/aromatic N) is 1. The van der Waals surface area contributed by atoms with Gasteiger partial charge in [0.25, 0.3) is 0 Å². The van der Waals surface area contributed by atoms with Gasteiger partial charge in [0.1, 0.15) is 0 Å². The molecule has 2 aromatic carbocycles. The first-order valence-electron chi connectivity index (χ1n) is 6.31. The molecule has 0 atom stereocenters. The first kappa shape index (κ1) is 14.4. The summed E-state index contributed by atoms with van der Waals surface area (Å²) in [5, 5.41) is 1.89. The molecule has 1 nitrogen and oxygen atoms in total. The number of benzene rings is 2. The Morgan fingerprint density at radius 2 is 1.43 bits per heavy atom. The highest BCUT2D eigenvalue weighted by Crippen LogP contribution is 2.35. The second-order valence-electron chi connectivity index (χ2n) is 4.53. The van der Waals surface area contributed by atoms with Crippen LogP contribution in [0.15, 0.2) is 60.8 Å². The highest BCUT2D eigenvalue weighted by Gasteiger charge is 2.11. The molecule has 21 heavy (non-hydrogen) atoms. The fraction of sp³-hybridized carbons (Fsp3) is 0. The molecule has 0 aliphatic carbocycles. The SMILES string of the molecule is Clc1ccc(-c2cccnc2-c2ccc(Cl)cc2Cl)cc1. The summed E-state index contributed by atoms with van der Waals surface area (Å²) in [6, 6.07) is 17.0. The van der Waals surface area contributed by atoms with Crippen molar-refractivity contribution in [1.29, 1.82) is 0 Å². The molecule has 0 saturated carbocycles. The molecule has 0 aliphatic rings. The van der Waals surface area contributed by atoms with Gasteiger partial charge in [0.2, 0.25) is 0 Å². The van der Waals surface area contributed by atoms with E-state index in [0.29, 0.717) is 15.1 Å². The first-order chi connectivity index (χ1) is 10.1. The van der Waals surface area contributed by atoms with Gasteiger partial charge in [-0.25, -0.2) is 0 Å². The van der Waals surface area contributed by atoms with Gasteiger partial charge >= 0.3 is 0 Å². The zero-order valence-electron chi connectivity index (χ0n) is 10.9. The van der Waals surface area contributed by atoms with Crippen LogP contribution in [0.5, 0.6) is 0 Å². The summed E-state index contributed by atoms with van der Waals surface area (Å²) in [6.45, 7) is 0. The lowest BCUT2D eigenvalue weighted by Crippen LogP contribution is -1.89. The summed E-state index contributed by atoms with van der Waals surface area (Å²) in [5.74, 6) is 0. The number of halogens is 3. The highest BCUT2D eigenvalue weighted by atomic mass is 35.5. The molecular formula is C17H10Cl3N. The number of pyridine rings is 1. The van der Waals surface area contributed by atoms with E-state index in [1.54, 1.807) is 12.3 Å². The van der Waals surface area contributed by atoms with Gasteiger partial charge in [0.05, 0.1) is 10.7 Å². The fourth-order valence-corrected chi connectivity index (χ4v) is 2.79. The number of hydrogen-bond acceptors (Lipinski definition) is 1. The third kappa shape index (κ3) is 3.06. The minimum Gasteiger partial charge on any atom is -0.256 e. The van der Waals surface area contributed by atoms with Crippen molar-refractivity contribution < 1.29 is 0 Å². The van der Waals surface area contributed by atoms with Crippen molar-refractivity contribution in [2.45, 2.75) is 0 Å². The monoisotopic (exact) mass is 333 g/mol. The van der Waals surface area contributed by atoms with E-state index in [0.717, 1.165) is 22.4 Å². The van der Waals surface area contributed by atoms with Crippen LogP contribution in [0, 0.1) is 0 Å². The van der Waals surface area contributed by atoms with Crippen LogP contribution in [0.2, 0.25) is 15.1 Å². The van der Waals surface area contributed by atoms with Crippen LogP contribution in [0.25, 0.3) is 22.4 Å². The van der Waals surface area contributed by atoms with Gasteiger partial charge in [0.15, 0.2) is 0 Å². The van der Waals surface area contributed by atoms with Crippen LogP contribution in [0.1, 0.15) is 0 Å². The maximum Gasteiger partial charge on any atom is 0.0795 e. The molecule has 4 heteroatoms.